The standard InChI is InChI=1S/C22H20F3N3O2/c23-22(24,25)16-8-6-15(7-9-16)14-27(17-10-11-17)21(30)19-12-13-20(29)28(26-19)18-4-2-1-3-5-18/h1-9,17H,10-14H2. The van der Waals surface area contributed by atoms with Crippen LogP contribution in [-0.2, 0) is 22.3 Å². The van der Waals surface area contributed by atoms with E-state index in [1.807, 2.05) is 6.07 Å². The highest BCUT2D eigenvalue weighted by Gasteiger charge is 2.37. The molecule has 1 saturated carbocycles. The van der Waals surface area contributed by atoms with Gasteiger partial charge in [0.05, 0.1) is 11.3 Å². The molecule has 4 rings (SSSR count). The largest absolute Gasteiger partial charge is 0.416 e. The number of amides is 2. The average molecular weight is 415 g/mol. The monoisotopic (exact) mass is 415 g/mol. The van der Waals surface area contributed by atoms with Crippen molar-refractivity contribution in [2.45, 2.75) is 44.4 Å². The van der Waals surface area contributed by atoms with Crippen LogP contribution in [0.25, 0.3) is 0 Å². The summed E-state index contributed by atoms with van der Waals surface area (Å²) < 4.78 is 38.4. The maximum absolute atomic E-state index is 13.2. The number of halogens is 3. The zero-order valence-electron chi connectivity index (χ0n) is 16.1. The molecule has 2 aromatic rings. The summed E-state index contributed by atoms with van der Waals surface area (Å²) in [4.78, 5) is 27.1. The molecule has 0 aromatic heterocycles. The average Bonchev–Trinajstić information content (AvgIpc) is 3.57. The maximum atomic E-state index is 13.2. The zero-order chi connectivity index (χ0) is 21.3. The summed E-state index contributed by atoms with van der Waals surface area (Å²) >= 11 is 0. The summed E-state index contributed by atoms with van der Waals surface area (Å²) in [5.74, 6) is -0.454. The van der Waals surface area contributed by atoms with E-state index in [4.69, 9.17) is 0 Å². The molecule has 0 unspecified atom stereocenters. The van der Waals surface area contributed by atoms with Crippen LogP contribution in [0.2, 0.25) is 0 Å². The fraction of sp³-hybridized carbons (Fsp3) is 0.318. The Hall–Kier alpha value is -3.16. The third-order valence-electron chi connectivity index (χ3n) is 5.16. The highest BCUT2D eigenvalue weighted by Crippen LogP contribution is 2.32. The summed E-state index contributed by atoms with van der Waals surface area (Å²) in [6.45, 7) is 0.208. The summed E-state index contributed by atoms with van der Waals surface area (Å²) in [6.07, 6.45) is -2.27. The van der Waals surface area contributed by atoms with Crippen molar-refractivity contribution in [2.75, 3.05) is 5.01 Å². The highest BCUT2D eigenvalue weighted by molar-refractivity contribution is 6.40. The predicted octanol–water partition coefficient (Wildman–Crippen LogP) is 4.38. The van der Waals surface area contributed by atoms with E-state index >= 15 is 0 Å². The molecule has 1 fully saturated rings. The molecular formula is C22H20F3N3O2. The first-order valence-corrected chi connectivity index (χ1v) is 9.75. The Labute approximate surface area is 171 Å². The second-order valence-corrected chi connectivity index (χ2v) is 7.45. The van der Waals surface area contributed by atoms with Crippen molar-refractivity contribution >= 4 is 23.2 Å². The molecule has 2 aromatic carbocycles. The molecule has 156 valence electrons. The number of alkyl halides is 3. The summed E-state index contributed by atoms with van der Waals surface area (Å²) in [6, 6.07) is 13.8. The minimum absolute atomic E-state index is 0.0466. The molecule has 1 aliphatic heterocycles. The molecule has 0 bridgehead atoms. The Morgan fingerprint density at radius 3 is 2.30 bits per heavy atom. The second-order valence-electron chi connectivity index (χ2n) is 7.45. The number of hydrazone groups is 1. The first-order chi connectivity index (χ1) is 14.3. The summed E-state index contributed by atoms with van der Waals surface area (Å²) in [5, 5.41) is 5.56. The number of rotatable bonds is 5. The van der Waals surface area contributed by atoms with E-state index in [1.54, 1.807) is 29.2 Å². The van der Waals surface area contributed by atoms with Gasteiger partial charge in [-0.15, -0.1) is 0 Å². The Morgan fingerprint density at radius 2 is 1.70 bits per heavy atom. The van der Waals surface area contributed by atoms with Crippen LogP contribution in [0.3, 0.4) is 0 Å². The van der Waals surface area contributed by atoms with Crippen molar-refractivity contribution in [1.29, 1.82) is 0 Å². The Kier molecular flexibility index (Phi) is 5.32. The Balaban J connectivity index is 1.54. The first-order valence-electron chi connectivity index (χ1n) is 9.75. The number of carbonyl (C=O) groups excluding carboxylic acids is 2. The summed E-state index contributed by atoms with van der Waals surface area (Å²) in [7, 11) is 0. The molecule has 0 spiro atoms. The minimum atomic E-state index is -4.39. The van der Waals surface area contributed by atoms with E-state index < -0.39 is 11.7 Å². The van der Waals surface area contributed by atoms with Gasteiger partial charge in [0.1, 0.15) is 5.71 Å². The van der Waals surface area contributed by atoms with Gasteiger partial charge in [0, 0.05) is 25.4 Å². The Bertz CT molecular complexity index is 967. The molecule has 0 radical (unpaired) electrons. The van der Waals surface area contributed by atoms with Crippen molar-refractivity contribution in [3.63, 3.8) is 0 Å². The number of hydrogen-bond acceptors (Lipinski definition) is 3. The number of para-hydroxylation sites is 1. The summed E-state index contributed by atoms with van der Waals surface area (Å²) in [5.41, 5.74) is 0.783. The second kappa shape index (κ2) is 7.93. The third kappa shape index (κ3) is 4.37. The lowest BCUT2D eigenvalue weighted by Crippen LogP contribution is -2.42. The minimum Gasteiger partial charge on any atom is -0.330 e. The van der Waals surface area contributed by atoms with Crippen LogP contribution in [0.4, 0.5) is 18.9 Å². The topological polar surface area (TPSA) is 53.0 Å². The molecule has 1 aliphatic carbocycles. The van der Waals surface area contributed by atoms with Crippen molar-refractivity contribution in [3.05, 3.63) is 65.7 Å². The van der Waals surface area contributed by atoms with Gasteiger partial charge in [-0.2, -0.15) is 18.3 Å². The van der Waals surface area contributed by atoms with Crippen LogP contribution in [0.1, 0.15) is 36.8 Å². The SMILES string of the molecule is O=C1CCC(C(=O)N(Cc2ccc(C(F)(F)F)cc2)C2CC2)=NN1c1ccccc1. The number of benzene rings is 2. The van der Waals surface area contributed by atoms with Crippen molar-refractivity contribution in [2.24, 2.45) is 5.10 Å². The highest BCUT2D eigenvalue weighted by atomic mass is 19.4. The van der Waals surface area contributed by atoms with E-state index in [1.165, 1.54) is 17.1 Å². The molecular weight excluding hydrogens is 395 g/mol. The Morgan fingerprint density at radius 1 is 1.03 bits per heavy atom. The fourth-order valence-electron chi connectivity index (χ4n) is 3.39. The van der Waals surface area contributed by atoms with Gasteiger partial charge in [-0.05, 0) is 42.7 Å². The lowest BCUT2D eigenvalue weighted by Gasteiger charge is -2.27. The van der Waals surface area contributed by atoms with Gasteiger partial charge >= 0.3 is 6.18 Å². The van der Waals surface area contributed by atoms with E-state index in [-0.39, 0.29) is 43.0 Å². The van der Waals surface area contributed by atoms with Crippen molar-refractivity contribution in [3.8, 4) is 0 Å². The lowest BCUT2D eigenvalue weighted by atomic mass is 10.1. The molecule has 0 N–H and O–H groups in total. The molecule has 2 aliphatic rings. The normalized spacial score (nSPS) is 17.0. The van der Waals surface area contributed by atoms with Crippen LogP contribution in [-0.4, -0.2) is 28.5 Å². The number of nitrogens with zero attached hydrogens (tertiary/aromatic N) is 3. The lowest BCUT2D eigenvalue weighted by molar-refractivity contribution is -0.137. The molecule has 5 nitrogen and oxygen atoms in total. The quantitative estimate of drug-likeness (QED) is 0.728. The molecule has 0 saturated heterocycles. The zero-order valence-corrected chi connectivity index (χ0v) is 16.1. The van der Waals surface area contributed by atoms with Crippen LogP contribution >= 0.6 is 0 Å². The maximum Gasteiger partial charge on any atom is 0.416 e. The number of hydrogen-bond donors (Lipinski definition) is 0. The van der Waals surface area contributed by atoms with Crippen LogP contribution < -0.4 is 5.01 Å². The van der Waals surface area contributed by atoms with Crippen molar-refractivity contribution in [1.82, 2.24) is 4.90 Å². The number of carbonyl (C=O) groups is 2. The van der Waals surface area contributed by atoms with Crippen LogP contribution in [0.5, 0.6) is 0 Å². The van der Waals surface area contributed by atoms with Gasteiger partial charge in [0.2, 0.25) is 5.91 Å². The van der Waals surface area contributed by atoms with Crippen molar-refractivity contribution < 1.29 is 22.8 Å². The molecule has 30 heavy (non-hydrogen) atoms. The molecule has 8 heteroatoms. The molecule has 0 atom stereocenters. The van der Waals surface area contributed by atoms with E-state index in [0.29, 0.717) is 11.3 Å². The fourth-order valence-corrected chi connectivity index (χ4v) is 3.39. The van der Waals surface area contributed by atoms with Gasteiger partial charge in [-0.3, -0.25) is 9.59 Å². The van der Waals surface area contributed by atoms with Gasteiger partial charge in [-0.1, -0.05) is 30.3 Å². The van der Waals surface area contributed by atoms with Gasteiger partial charge < -0.3 is 4.90 Å². The first kappa shape index (κ1) is 20.1. The van der Waals surface area contributed by atoms with Gasteiger partial charge in [0.25, 0.3) is 5.91 Å². The van der Waals surface area contributed by atoms with Gasteiger partial charge in [0.15, 0.2) is 0 Å². The van der Waals surface area contributed by atoms with Crippen LogP contribution in [0.15, 0.2) is 59.7 Å². The van der Waals surface area contributed by atoms with Crippen LogP contribution in [0, 0.1) is 0 Å². The van der Waals surface area contributed by atoms with E-state index in [2.05, 4.69) is 5.10 Å². The molecule has 2 amide bonds. The predicted molar refractivity (Wildman–Crippen MR) is 106 cm³/mol. The molecule has 1 heterocycles. The van der Waals surface area contributed by atoms with Gasteiger partial charge in [-0.25, -0.2) is 5.01 Å². The van der Waals surface area contributed by atoms with E-state index in [9.17, 15) is 22.8 Å². The smallest absolute Gasteiger partial charge is 0.330 e. The third-order valence-corrected chi connectivity index (χ3v) is 5.16. The van der Waals surface area contributed by atoms with E-state index in [0.717, 1.165) is 25.0 Å². The number of anilines is 1.